The van der Waals surface area contributed by atoms with Crippen LogP contribution in [-0.2, 0) is 13.6 Å². The molecule has 0 unspecified atom stereocenters. The largest absolute Gasteiger partial charge is 0.364 e. The molecule has 3 aromatic rings. The van der Waals surface area contributed by atoms with Gasteiger partial charge in [-0.1, -0.05) is 0 Å². The van der Waals surface area contributed by atoms with E-state index in [0.717, 1.165) is 17.2 Å². The van der Waals surface area contributed by atoms with Gasteiger partial charge in [0.2, 0.25) is 0 Å². The summed E-state index contributed by atoms with van der Waals surface area (Å²) in [6.45, 7) is 4.71. The number of tetrazole rings is 1. The zero-order chi connectivity index (χ0) is 13.4. The first-order chi connectivity index (χ1) is 9.16. The minimum Gasteiger partial charge on any atom is -0.364 e. The first-order valence-corrected chi connectivity index (χ1v) is 5.92. The summed E-state index contributed by atoms with van der Waals surface area (Å²) in [5.41, 5.74) is 3.95. The number of hydrogen-bond acceptors (Lipinski definition) is 6. The Balaban J connectivity index is 1.88. The van der Waals surface area contributed by atoms with Gasteiger partial charge >= 0.3 is 0 Å². The number of nitrogens with zero attached hydrogens (tertiary/aromatic N) is 7. The molecule has 0 fully saturated rings. The average Bonchev–Trinajstić information content (AvgIpc) is 2.95. The van der Waals surface area contributed by atoms with Crippen LogP contribution in [0.5, 0.6) is 0 Å². The lowest BCUT2D eigenvalue weighted by Crippen LogP contribution is -2.07. The SMILES string of the molecule is Cc1nn(C)c(C)c1CNc1cncc2nnnn12. The molecule has 3 rings (SSSR count). The number of anilines is 1. The Kier molecular flexibility index (Phi) is 2.62. The van der Waals surface area contributed by atoms with Crippen LogP contribution in [0.25, 0.3) is 5.65 Å². The van der Waals surface area contributed by atoms with E-state index in [9.17, 15) is 0 Å². The molecule has 0 saturated heterocycles. The molecule has 0 spiro atoms. The van der Waals surface area contributed by atoms with E-state index in [1.165, 1.54) is 5.56 Å². The van der Waals surface area contributed by atoms with Gasteiger partial charge in [-0.2, -0.15) is 9.61 Å². The fourth-order valence-corrected chi connectivity index (χ4v) is 2.05. The highest BCUT2D eigenvalue weighted by molar-refractivity contribution is 5.44. The predicted octanol–water partition coefficient (Wildman–Crippen LogP) is 0.482. The van der Waals surface area contributed by atoms with Crippen LogP contribution < -0.4 is 5.32 Å². The van der Waals surface area contributed by atoms with Crippen LogP contribution in [0.3, 0.4) is 0 Å². The van der Waals surface area contributed by atoms with Crippen molar-refractivity contribution in [3.8, 4) is 0 Å². The zero-order valence-corrected chi connectivity index (χ0v) is 11.0. The Morgan fingerprint density at radius 3 is 2.84 bits per heavy atom. The van der Waals surface area contributed by atoms with Crippen molar-refractivity contribution in [3.05, 3.63) is 29.3 Å². The highest BCUT2D eigenvalue weighted by atomic mass is 15.5. The average molecular weight is 258 g/mol. The maximum Gasteiger partial charge on any atom is 0.199 e. The first kappa shape index (κ1) is 11.6. The van der Waals surface area contributed by atoms with Gasteiger partial charge in [0.15, 0.2) is 11.5 Å². The van der Waals surface area contributed by atoms with E-state index in [1.807, 2.05) is 25.6 Å². The summed E-state index contributed by atoms with van der Waals surface area (Å²) in [5, 5.41) is 19.1. The van der Waals surface area contributed by atoms with Crippen LogP contribution in [0.1, 0.15) is 17.0 Å². The van der Waals surface area contributed by atoms with E-state index in [4.69, 9.17) is 0 Å². The molecular weight excluding hydrogens is 244 g/mol. The number of fused-ring (bicyclic) bond motifs is 1. The lowest BCUT2D eigenvalue weighted by atomic mass is 10.2. The van der Waals surface area contributed by atoms with E-state index >= 15 is 0 Å². The van der Waals surface area contributed by atoms with Crippen molar-refractivity contribution in [2.24, 2.45) is 7.05 Å². The molecule has 19 heavy (non-hydrogen) atoms. The van der Waals surface area contributed by atoms with Crippen LogP contribution in [0.2, 0.25) is 0 Å². The molecule has 0 aromatic carbocycles. The third-order valence-electron chi connectivity index (χ3n) is 3.21. The van der Waals surface area contributed by atoms with Crippen LogP contribution in [0, 0.1) is 13.8 Å². The van der Waals surface area contributed by atoms with Crippen molar-refractivity contribution in [3.63, 3.8) is 0 Å². The van der Waals surface area contributed by atoms with E-state index in [0.29, 0.717) is 12.2 Å². The third kappa shape index (κ3) is 1.90. The minimum absolute atomic E-state index is 0.615. The molecule has 1 N–H and O–H groups in total. The molecule has 0 amide bonds. The van der Waals surface area contributed by atoms with E-state index in [-0.39, 0.29) is 0 Å². The summed E-state index contributed by atoms with van der Waals surface area (Å²) in [5.74, 6) is 0.755. The van der Waals surface area contributed by atoms with Gasteiger partial charge in [-0.3, -0.25) is 9.67 Å². The number of rotatable bonds is 3. The molecule has 8 nitrogen and oxygen atoms in total. The van der Waals surface area contributed by atoms with Crippen molar-refractivity contribution >= 4 is 11.5 Å². The van der Waals surface area contributed by atoms with Gasteiger partial charge in [0, 0.05) is 24.8 Å². The van der Waals surface area contributed by atoms with Crippen molar-refractivity contribution in [1.82, 2.24) is 34.8 Å². The summed E-state index contributed by atoms with van der Waals surface area (Å²) in [6.07, 6.45) is 3.32. The minimum atomic E-state index is 0.615. The van der Waals surface area contributed by atoms with Crippen molar-refractivity contribution in [1.29, 1.82) is 0 Å². The zero-order valence-electron chi connectivity index (χ0n) is 11.0. The normalized spacial score (nSPS) is 11.1. The summed E-state index contributed by atoms with van der Waals surface area (Å²) in [6, 6.07) is 0. The van der Waals surface area contributed by atoms with Gasteiger partial charge in [-0.05, 0) is 24.3 Å². The van der Waals surface area contributed by atoms with Crippen molar-refractivity contribution in [2.75, 3.05) is 5.32 Å². The lowest BCUT2D eigenvalue weighted by Gasteiger charge is -2.07. The number of aromatic nitrogens is 7. The van der Waals surface area contributed by atoms with Gasteiger partial charge in [0.1, 0.15) is 0 Å². The predicted molar refractivity (Wildman–Crippen MR) is 68.6 cm³/mol. The van der Waals surface area contributed by atoms with Crippen LogP contribution in [0.4, 0.5) is 5.82 Å². The second kappa shape index (κ2) is 4.30. The fourth-order valence-electron chi connectivity index (χ4n) is 2.05. The molecule has 8 heteroatoms. The van der Waals surface area contributed by atoms with Gasteiger partial charge in [0.05, 0.1) is 18.1 Å². The van der Waals surface area contributed by atoms with E-state index < -0.39 is 0 Å². The summed E-state index contributed by atoms with van der Waals surface area (Å²) in [7, 11) is 1.94. The lowest BCUT2D eigenvalue weighted by molar-refractivity contribution is 0.730. The first-order valence-electron chi connectivity index (χ1n) is 5.92. The van der Waals surface area contributed by atoms with Gasteiger partial charge < -0.3 is 5.32 Å². The molecule has 3 heterocycles. The fraction of sp³-hybridized carbons (Fsp3) is 0.364. The van der Waals surface area contributed by atoms with Crippen molar-refractivity contribution in [2.45, 2.75) is 20.4 Å². The maximum absolute atomic E-state index is 4.39. The molecule has 0 aliphatic heterocycles. The van der Waals surface area contributed by atoms with Gasteiger partial charge in [0.25, 0.3) is 0 Å². The molecule has 0 aliphatic carbocycles. The molecule has 0 aliphatic rings. The van der Waals surface area contributed by atoms with Gasteiger partial charge in [-0.15, -0.1) is 5.10 Å². The smallest absolute Gasteiger partial charge is 0.199 e. The Morgan fingerprint density at radius 1 is 1.26 bits per heavy atom. The highest BCUT2D eigenvalue weighted by Crippen LogP contribution is 2.14. The third-order valence-corrected chi connectivity index (χ3v) is 3.21. The van der Waals surface area contributed by atoms with E-state index in [1.54, 1.807) is 16.9 Å². The van der Waals surface area contributed by atoms with Crippen LogP contribution in [-0.4, -0.2) is 34.8 Å². The monoisotopic (exact) mass is 258 g/mol. The summed E-state index contributed by atoms with van der Waals surface area (Å²) >= 11 is 0. The number of hydrogen-bond donors (Lipinski definition) is 1. The maximum atomic E-state index is 4.39. The quantitative estimate of drug-likeness (QED) is 0.735. The second-order valence-corrected chi connectivity index (χ2v) is 4.37. The Morgan fingerprint density at radius 2 is 2.11 bits per heavy atom. The molecule has 98 valence electrons. The molecule has 0 radical (unpaired) electrons. The summed E-state index contributed by atoms with van der Waals surface area (Å²) < 4.78 is 3.50. The molecule has 3 aromatic heterocycles. The number of aryl methyl sites for hydroxylation is 2. The topological polar surface area (TPSA) is 85.8 Å². The Labute approximate surface area is 109 Å². The molecule has 0 atom stereocenters. The highest BCUT2D eigenvalue weighted by Gasteiger charge is 2.10. The molecular formula is C11H14N8. The molecule has 0 saturated carbocycles. The Hall–Kier alpha value is -2.51. The number of nitrogens with one attached hydrogen (secondary N) is 1. The Bertz CT molecular complexity index is 725. The van der Waals surface area contributed by atoms with Crippen molar-refractivity contribution < 1.29 is 0 Å². The van der Waals surface area contributed by atoms with Crippen LogP contribution in [0.15, 0.2) is 12.4 Å². The summed E-state index contributed by atoms with van der Waals surface area (Å²) in [4.78, 5) is 4.10. The molecule has 0 bridgehead atoms. The van der Waals surface area contributed by atoms with Gasteiger partial charge in [-0.25, -0.2) is 0 Å². The van der Waals surface area contributed by atoms with Crippen LogP contribution >= 0.6 is 0 Å². The van der Waals surface area contributed by atoms with E-state index in [2.05, 4.69) is 30.9 Å². The standard InChI is InChI=1S/C11H14N8/c1-7-9(8(2)18(3)15-7)4-13-10-5-12-6-11-14-16-17-19(10)11/h5-6,13H,4H2,1-3H3. The second-order valence-electron chi connectivity index (χ2n) is 4.37.